The minimum atomic E-state index is -0.576. The zero-order valence-corrected chi connectivity index (χ0v) is 13.1. The van der Waals surface area contributed by atoms with Gasteiger partial charge in [0.1, 0.15) is 17.3 Å². The Hall–Kier alpha value is -1.16. The van der Waals surface area contributed by atoms with Crippen molar-refractivity contribution in [3.8, 4) is 0 Å². The Labute approximate surface area is 125 Å². The zero-order chi connectivity index (χ0) is 15.6. The summed E-state index contributed by atoms with van der Waals surface area (Å²) in [7, 11) is 0. The predicted octanol–water partition coefficient (Wildman–Crippen LogP) is 4.11. The van der Waals surface area contributed by atoms with Crippen molar-refractivity contribution in [3.05, 3.63) is 29.3 Å². The van der Waals surface area contributed by atoms with Crippen LogP contribution in [-0.2, 0) is 6.61 Å². The highest BCUT2D eigenvalue weighted by molar-refractivity contribution is 5.50. The van der Waals surface area contributed by atoms with Crippen LogP contribution >= 0.6 is 0 Å². The highest BCUT2D eigenvalue weighted by atomic mass is 19.1. The van der Waals surface area contributed by atoms with E-state index in [0.717, 1.165) is 19.3 Å². The molecule has 21 heavy (non-hydrogen) atoms. The van der Waals surface area contributed by atoms with Crippen LogP contribution in [0.2, 0.25) is 0 Å². The van der Waals surface area contributed by atoms with Gasteiger partial charge in [0.25, 0.3) is 0 Å². The number of rotatable bonds is 2. The van der Waals surface area contributed by atoms with Crippen LogP contribution < -0.4 is 4.90 Å². The van der Waals surface area contributed by atoms with E-state index in [2.05, 4.69) is 20.8 Å². The molecule has 1 unspecified atom stereocenters. The minimum Gasteiger partial charge on any atom is -0.392 e. The fourth-order valence-electron chi connectivity index (χ4n) is 3.20. The van der Waals surface area contributed by atoms with E-state index in [9.17, 15) is 8.78 Å². The van der Waals surface area contributed by atoms with Gasteiger partial charge >= 0.3 is 0 Å². The maximum absolute atomic E-state index is 14.2. The molecule has 2 nitrogen and oxygen atoms in total. The minimum absolute atomic E-state index is 0.0572. The Balaban J connectivity index is 2.20. The maximum Gasteiger partial charge on any atom is 0.149 e. The Bertz CT molecular complexity index is 473. The van der Waals surface area contributed by atoms with Crippen LogP contribution in [0.25, 0.3) is 0 Å². The summed E-state index contributed by atoms with van der Waals surface area (Å²) in [6.07, 6.45) is 2.99. The van der Waals surface area contributed by atoms with Gasteiger partial charge in [0, 0.05) is 13.1 Å². The van der Waals surface area contributed by atoms with E-state index in [-0.39, 0.29) is 23.3 Å². The second-order valence-corrected chi connectivity index (χ2v) is 7.05. The van der Waals surface area contributed by atoms with Crippen molar-refractivity contribution in [2.45, 2.75) is 46.6 Å². The number of aliphatic hydroxyl groups is 1. The van der Waals surface area contributed by atoms with E-state index in [4.69, 9.17) is 5.11 Å². The van der Waals surface area contributed by atoms with Crippen LogP contribution in [0.3, 0.4) is 0 Å². The number of hydrogen-bond acceptors (Lipinski definition) is 2. The molecule has 0 aliphatic carbocycles. The lowest BCUT2D eigenvalue weighted by Gasteiger charge is -2.30. The van der Waals surface area contributed by atoms with Gasteiger partial charge in [0.2, 0.25) is 0 Å². The van der Waals surface area contributed by atoms with Crippen molar-refractivity contribution in [1.82, 2.24) is 0 Å². The van der Waals surface area contributed by atoms with Crippen LogP contribution in [0.15, 0.2) is 12.1 Å². The molecule has 1 aromatic carbocycles. The first kappa shape index (κ1) is 16.2. The van der Waals surface area contributed by atoms with Gasteiger partial charge in [-0.05, 0) is 48.3 Å². The zero-order valence-electron chi connectivity index (χ0n) is 13.1. The monoisotopic (exact) mass is 297 g/mol. The highest BCUT2D eigenvalue weighted by Gasteiger charge is 2.28. The largest absolute Gasteiger partial charge is 0.392 e. The van der Waals surface area contributed by atoms with Crippen LogP contribution in [0.4, 0.5) is 14.5 Å². The molecule has 1 heterocycles. The van der Waals surface area contributed by atoms with Gasteiger partial charge < -0.3 is 10.0 Å². The van der Waals surface area contributed by atoms with Gasteiger partial charge in [-0.25, -0.2) is 8.78 Å². The van der Waals surface area contributed by atoms with Gasteiger partial charge in [0.05, 0.1) is 6.61 Å². The Morgan fingerprint density at radius 3 is 2.29 bits per heavy atom. The number of benzene rings is 1. The number of halogens is 2. The Kier molecular flexibility index (Phi) is 4.87. The molecule has 0 saturated carbocycles. The molecule has 0 bridgehead atoms. The third kappa shape index (κ3) is 3.73. The SMILES string of the molecule is CC(C)(C)C1CCCN(c2c(F)cc(CO)cc2F)CC1. The van der Waals surface area contributed by atoms with Crippen LogP contribution in [0.1, 0.15) is 45.6 Å². The molecule has 1 atom stereocenters. The molecule has 2 rings (SSSR count). The number of nitrogens with zero attached hydrogens (tertiary/aromatic N) is 1. The first-order valence-electron chi connectivity index (χ1n) is 7.66. The first-order valence-corrected chi connectivity index (χ1v) is 7.66. The Morgan fingerprint density at radius 1 is 1.14 bits per heavy atom. The molecule has 0 spiro atoms. The van der Waals surface area contributed by atoms with Crippen molar-refractivity contribution in [2.75, 3.05) is 18.0 Å². The molecule has 1 aliphatic heterocycles. The topological polar surface area (TPSA) is 23.5 Å². The molecule has 1 N–H and O–H groups in total. The van der Waals surface area contributed by atoms with E-state index in [1.165, 1.54) is 12.1 Å². The molecular weight excluding hydrogens is 272 g/mol. The first-order chi connectivity index (χ1) is 9.82. The fraction of sp³-hybridized carbons (Fsp3) is 0.647. The molecule has 0 amide bonds. The summed E-state index contributed by atoms with van der Waals surface area (Å²) < 4.78 is 28.3. The van der Waals surface area contributed by atoms with Crippen molar-refractivity contribution in [2.24, 2.45) is 11.3 Å². The summed E-state index contributed by atoms with van der Waals surface area (Å²) in [5, 5.41) is 9.01. The van der Waals surface area contributed by atoms with E-state index in [0.29, 0.717) is 19.0 Å². The average Bonchev–Trinajstić information content (AvgIpc) is 2.63. The van der Waals surface area contributed by atoms with Gasteiger partial charge in [-0.15, -0.1) is 0 Å². The lowest BCUT2D eigenvalue weighted by molar-refractivity contribution is 0.220. The second kappa shape index (κ2) is 6.30. The van der Waals surface area contributed by atoms with Crippen molar-refractivity contribution >= 4 is 5.69 Å². The normalized spacial score (nSPS) is 20.5. The molecular formula is C17H25F2NO. The average molecular weight is 297 g/mol. The quantitative estimate of drug-likeness (QED) is 0.888. The summed E-state index contributed by atoms with van der Waals surface area (Å²) in [6.45, 7) is 7.69. The molecule has 1 saturated heterocycles. The second-order valence-electron chi connectivity index (χ2n) is 7.05. The van der Waals surface area contributed by atoms with Crippen molar-refractivity contribution in [3.63, 3.8) is 0 Å². The van der Waals surface area contributed by atoms with Crippen LogP contribution in [-0.4, -0.2) is 18.2 Å². The third-order valence-electron chi connectivity index (χ3n) is 4.53. The van der Waals surface area contributed by atoms with E-state index in [1.54, 1.807) is 0 Å². The molecule has 0 aromatic heterocycles. The van der Waals surface area contributed by atoms with Crippen molar-refractivity contribution < 1.29 is 13.9 Å². The molecule has 0 radical (unpaired) electrons. The number of anilines is 1. The smallest absolute Gasteiger partial charge is 0.149 e. The Morgan fingerprint density at radius 2 is 1.76 bits per heavy atom. The number of aliphatic hydroxyl groups excluding tert-OH is 1. The number of hydrogen-bond donors (Lipinski definition) is 1. The van der Waals surface area contributed by atoms with E-state index >= 15 is 0 Å². The molecule has 1 aromatic rings. The van der Waals surface area contributed by atoms with Crippen LogP contribution in [0, 0.1) is 23.0 Å². The summed E-state index contributed by atoms with van der Waals surface area (Å²) in [4.78, 5) is 1.82. The summed E-state index contributed by atoms with van der Waals surface area (Å²) in [5.74, 6) is -0.577. The van der Waals surface area contributed by atoms with Gasteiger partial charge in [-0.3, -0.25) is 0 Å². The summed E-state index contributed by atoms with van der Waals surface area (Å²) in [5.41, 5.74) is 0.561. The maximum atomic E-state index is 14.2. The van der Waals surface area contributed by atoms with Gasteiger partial charge in [-0.1, -0.05) is 20.8 Å². The molecule has 1 aliphatic rings. The van der Waals surface area contributed by atoms with E-state index in [1.807, 2.05) is 4.90 Å². The third-order valence-corrected chi connectivity index (χ3v) is 4.53. The van der Waals surface area contributed by atoms with E-state index < -0.39 is 11.6 Å². The molecule has 118 valence electrons. The molecule has 1 fully saturated rings. The standard InChI is InChI=1S/C17H25F2NO/c1-17(2,3)13-5-4-7-20(8-6-13)16-14(18)9-12(11-21)10-15(16)19/h9-10,13,21H,4-8,11H2,1-3H3. The van der Waals surface area contributed by atoms with Gasteiger partial charge in [-0.2, -0.15) is 0 Å². The lowest BCUT2D eigenvalue weighted by atomic mass is 9.77. The van der Waals surface area contributed by atoms with Crippen LogP contribution in [0.5, 0.6) is 0 Å². The summed E-state index contributed by atoms with van der Waals surface area (Å²) in [6, 6.07) is 2.45. The lowest BCUT2D eigenvalue weighted by Crippen LogP contribution is -2.27. The summed E-state index contributed by atoms with van der Waals surface area (Å²) >= 11 is 0. The van der Waals surface area contributed by atoms with Gasteiger partial charge in [0.15, 0.2) is 0 Å². The highest BCUT2D eigenvalue weighted by Crippen LogP contribution is 2.36. The predicted molar refractivity (Wildman–Crippen MR) is 81.3 cm³/mol. The van der Waals surface area contributed by atoms with Crippen molar-refractivity contribution in [1.29, 1.82) is 0 Å². The molecule has 4 heteroatoms. The fourth-order valence-corrected chi connectivity index (χ4v) is 3.20.